The number of para-hydroxylation sites is 6. The molecule has 0 atom stereocenters. The first-order valence-corrected chi connectivity index (χ1v) is 39.4. The van der Waals surface area contributed by atoms with Crippen LogP contribution in [0, 0.1) is 27.7 Å². The van der Waals surface area contributed by atoms with Crippen molar-refractivity contribution in [2.24, 2.45) is 0 Å². The van der Waals surface area contributed by atoms with Crippen molar-refractivity contribution >= 4 is 68.2 Å². The predicted octanol–water partition coefficient (Wildman–Crippen LogP) is 25.1. The molecule has 23 rings (SSSR count). The molecule has 0 bridgehead atoms. The Labute approximate surface area is 664 Å². The van der Waals surface area contributed by atoms with Crippen molar-refractivity contribution in [2.45, 2.75) is 49.4 Å². The second-order valence-electron chi connectivity index (χ2n) is 31.1. The van der Waals surface area contributed by atoms with Crippen LogP contribution in [-0.4, -0.2) is 19.9 Å². The monoisotopic (exact) mass is 1460 g/mol. The number of fused-ring (bicyclic) bond motifs is 28. The zero-order valence-corrected chi connectivity index (χ0v) is 63.5. The quantitative estimate of drug-likeness (QED) is 0.169. The van der Waals surface area contributed by atoms with Gasteiger partial charge in [-0.3, -0.25) is 0 Å². The largest absolute Gasteiger partial charge is 0.310 e. The van der Waals surface area contributed by atoms with Crippen LogP contribution in [0.3, 0.4) is 0 Å². The van der Waals surface area contributed by atoms with Crippen LogP contribution in [0.4, 0.5) is 68.2 Å². The summed E-state index contributed by atoms with van der Waals surface area (Å²) in [7, 11) is 0. The molecule has 8 nitrogen and oxygen atoms in total. The minimum Gasteiger partial charge on any atom is -0.310 e. The molecule has 0 fully saturated rings. The molecule has 0 saturated carbocycles. The summed E-state index contributed by atoms with van der Waals surface area (Å²) in [6, 6.07) is 134. The van der Waals surface area contributed by atoms with Crippen molar-refractivity contribution in [3.05, 3.63) is 500 Å². The molecule has 15 aromatic carbocycles. The summed E-state index contributed by atoms with van der Waals surface area (Å²) >= 11 is 0. The molecular formula is C106H76N8. The second-order valence-corrected chi connectivity index (χ2v) is 31.1. The first-order valence-electron chi connectivity index (χ1n) is 39.4. The van der Waals surface area contributed by atoms with Gasteiger partial charge >= 0.3 is 0 Å². The summed E-state index contributed by atoms with van der Waals surface area (Å²) in [6.07, 6.45) is 9.04. The lowest BCUT2D eigenvalue weighted by Crippen LogP contribution is -2.49. The molecule has 0 N–H and O–H groups in total. The molecule has 540 valence electrons. The lowest BCUT2D eigenvalue weighted by Gasteiger charge is -2.56. The highest BCUT2D eigenvalue weighted by Gasteiger charge is 2.61. The van der Waals surface area contributed by atoms with Crippen LogP contribution in [0.15, 0.2) is 389 Å². The van der Waals surface area contributed by atoms with E-state index in [1.54, 1.807) is 18.7 Å². The first kappa shape index (κ1) is 66.6. The summed E-state index contributed by atoms with van der Waals surface area (Å²) in [6.45, 7) is 8.88. The van der Waals surface area contributed by atoms with E-state index < -0.39 is 21.7 Å². The molecule has 0 unspecified atom stereocenters. The Balaban J connectivity index is 0.000000140. The van der Waals surface area contributed by atoms with Crippen LogP contribution < -0.4 is 19.6 Å². The smallest absolute Gasteiger partial charge is 0.159 e. The fourth-order valence-corrected chi connectivity index (χ4v) is 21.0. The summed E-state index contributed by atoms with van der Waals surface area (Å²) in [5.74, 6) is 0.718. The highest BCUT2D eigenvalue weighted by Crippen LogP contribution is 2.71. The van der Waals surface area contributed by atoms with Gasteiger partial charge in [0.05, 0.1) is 85.2 Å². The van der Waals surface area contributed by atoms with E-state index in [9.17, 15) is 0 Å². The molecule has 0 radical (unpaired) electrons. The molecule has 17 aromatic rings. The van der Waals surface area contributed by atoms with Crippen LogP contribution in [-0.2, 0) is 21.7 Å². The average molecular weight is 1460 g/mol. The summed E-state index contributed by atoms with van der Waals surface area (Å²) in [4.78, 5) is 27.8. The van der Waals surface area contributed by atoms with Gasteiger partial charge in [-0.15, -0.1) is 0 Å². The molecule has 2 aromatic heterocycles. The van der Waals surface area contributed by atoms with Gasteiger partial charge in [0.15, 0.2) is 5.82 Å². The highest BCUT2D eigenvalue weighted by molar-refractivity contribution is 5.99. The number of hydrogen-bond donors (Lipinski definition) is 0. The summed E-state index contributed by atoms with van der Waals surface area (Å²) in [5.41, 5.74) is 37.6. The molecule has 6 heterocycles. The number of aromatic nitrogens is 4. The van der Waals surface area contributed by atoms with E-state index in [2.05, 4.69) is 419 Å². The molecule has 0 saturated heterocycles. The van der Waals surface area contributed by atoms with E-state index in [4.69, 9.17) is 0 Å². The molecule has 8 heteroatoms. The van der Waals surface area contributed by atoms with Gasteiger partial charge in [-0.05, 0) is 220 Å². The Morgan fingerprint density at radius 1 is 0.202 bits per heavy atom. The highest BCUT2D eigenvalue weighted by atomic mass is 15.2. The predicted molar refractivity (Wildman–Crippen MR) is 462 cm³/mol. The number of nitrogens with zero attached hydrogens (tertiary/aromatic N) is 8. The minimum absolute atomic E-state index is 0.602. The number of anilines is 12. The van der Waals surface area contributed by atoms with Gasteiger partial charge in [0, 0.05) is 35.0 Å². The summed E-state index contributed by atoms with van der Waals surface area (Å²) in [5, 5.41) is 0. The fourth-order valence-electron chi connectivity index (χ4n) is 21.0. The first-order chi connectivity index (χ1) is 56.2. The summed E-state index contributed by atoms with van der Waals surface area (Å²) < 4.78 is 0. The Bertz CT molecular complexity index is 6410. The van der Waals surface area contributed by atoms with E-state index >= 15 is 0 Å². The maximum absolute atomic E-state index is 4.54. The Kier molecular flexibility index (Phi) is 15.0. The van der Waals surface area contributed by atoms with Crippen molar-refractivity contribution in [1.29, 1.82) is 0 Å². The third kappa shape index (κ3) is 9.16. The number of hydrogen-bond acceptors (Lipinski definition) is 8. The zero-order valence-electron chi connectivity index (χ0n) is 63.5. The fraction of sp³-hybridized carbons (Fsp3) is 0.0755. The average Bonchev–Trinajstić information content (AvgIpc) is 0.657. The Morgan fingerprint density at radius 2 is 0.439 bits per heavy atom. The zero-order chi connectivity index (χ0) is 76.0. The molecule has 4 aliphatic heterocycles. The van der Waals surface area contributed by atoms with Crippen molar-refractivity contribution in [3.8, 4) is 11.4 Å². The van der Waals surface area contributed by atoms with Crippen LogP contribution in [0.5, 0.6) is 0 Å². The SMILES string of the molecule is Cc1ccc2c(c1)C1(c3cc(C)ccc3N2c2ccc(-c3ncccn3)cc2)c2ccccc2C2(c3ccccc3N(c3ccccc3)c3ccccc32)c2ccccc21.Cc1ccc2c(c1)C1(c3cc(C)ccc3N2c2cncnc2)c2ccccc2C2(c3ccccc3N(c3ccccc3)c3ccccc32)c2ccccc21. The molecule has 114 heavy (non-hydrogen) atoms. The van der Waals surface area contributed by atoms with E-state index in [1.807, 2.05) is 18.5 Å². The number of aryl methyl sites for hydroxylation is 4. The van der Waals surface area contributed by atoms with E-state index in [1.165, 1.54) is 145 Å². The molecular weight excluding hydrogens is 1390 g/mol. The topological polar surface area (TPSA) is 64.5 Å². The van der Waals surface area contributed by atoms with Gasteiger partial charge in [0.1, 0.15) is 6.33 Å². The molecule has 2 aliphatic carbocycles. The van der Waals surface area contributed by atoms with Gasteiger partial charge in [0.2, 0.25) is 0 Å². The molecule has 4 spiro atoms. The van der Waals surface area contributed by atoms with Crippen LogP contribution in [0.2, 0.25) is 0 Å². The van der Waals surface area contributed by atoms with Crippen molar-refractivity contribution in [1.82, 2.24) is 19.9 Å². The Hall–Kier alpha value is -14.3. The third-order valence-corrected chi connectivity index (χ3v) is 25.1. The second kappa shape index (κ2) is 25.6. The number of benzene rings is 15. The van der Waals surface area contributed by atoms with Gasteiger partial charge in [-0.2, -0.15) is 0 Å². The van der Waals surface area contributed by atoms with E-state index in [-0.39, 0.29) is 0 Å². The lowest BCUT2D eigenvalue weighted by atomic mass is 9.49. The minimum atomic E-state index is -0.643. The molecule has 0 amide bonds. The standard InChI is InChI=1S/C56H40N4.C50H36N4/c1-37-25-31-52-48(35-37)56(49-36-38(2)26-32-53(49)60(52)41-29-27-39(28-30-41)54-57-33-14-34-58-54)44-19-8-6-17-42(44)55(43-18-7-9-20-45(43)56)46-21-10-12-23-50(46)59(40-15-4-3-5-16-40)51-24-13-11-22-47(51)55;1-33-24-26-47-43(28-33)50(44-29-34(2)25-27-48(44)54(47)36-30-51-32-52-31-36)39-18-8-6-16-37(39)49(38-17-7-9-19-40(38)50)41-20-10-12-22-45(41)53(35-14-4-3-5-15-35)46-23-13-11-21-42(46)49/h3-36H,1-2H3;3-32H,1-2H3. The van der Waals surface area contributed by atoms with Crippen molar-refractivity contribution < 1.29 is 0 Å². The lowest BCUT2D eigenvalue weighted by molar-refractivity contribution is 0.607. The van der Waals surface area contributed by atoms with Gasteiger partial charge in [-0.25, -0.2) is 19.9 Å². The van der Waals surface area contributed by atoms with Crippen LogP contribution in [0.1, 0.15) is 111 Å². The number of rotatable bonds is 5. The van der Waals surface area contributed by atoms with E-state index in [0.29, 0.717) is 0 Å². The van der Waals surface area contributed by atoms with Crippen LogP contribution >= 0.6 is 0 Å². The maximum atomic E-state index is 4.54. The third-order valence-electron chi connectivity index (χ3n) is 25.1. The normalized spacial score (nSPS) is 14.9. The maximum Gasteiger partial charge on any atom is 0.159 e. The van der Waals surface area contributed by atoms with Gasteiger partial charge in [0.25, 0.3) is 0 Å². The van der Waals surface area contributed by atoms with E-state index in [0.717, 1.165) is 45.5 Å². The van der Waals surface area contributed by atoms with Gasteiger partial charge < -0.3 is 19.6 Å². The van der Waals surface area contributed by atoms with Crippen LogP contribution in [0.25, 0.3) is 11.4 Å². The Morgan fingerprint density at radius 3 is 0.737 bits per heavy atom. The molecule has 6 aliphatic rings. The van der Waals surface area contributed by atoms with Crippen molar-refractivity contribution in [3.63, 3.8) is 0 Å². The van der Waals surface area contributed by atoms with Crippen molar-refractivity contribution in [2.75, 3.05) is 19.6 Å². The van der Waals surface area contributed by atoms with Gasteiger partial charge in [-0.1, -0.05) is 277 Å².